The number of aromatic amines is 1. The van der Waals surface area contributed by atoms with E-state index < -0.39 is 0 Å². The van der Waals surface area contributed by atoms with E-state index in [9.17, 15) is 4.79 Å². The van der Waals surface area contributed by atoms with Crippen molar-refractivity contribution in [1.29, 1.82) is 0 Å². The molecule has 1 amide bonds. The summed E-state index contributed by atoms with van der Waals surface area (Å²) in [7, 11) is 0. The molecule has 0 atom stereocenters. The van der Waals surface area contributed by atoms with E-state index in [1.54, 1.807) is 41.1 Å². The fourth-order valence-electron chi connectivity index (χ4n) is 4.01. The quantitative estimate of drug-likeness (QED) is 0.333. The van der Waals surface area contributed by atoms with Crippen molar-refractivity contribution in [1.82, 2.24) is 30.5 Å². The van der Waals surface area contributed by atoms with Gasteiger partial charge in [-0.05, 0) is 65.8 Å². The van der Waals surface area contributed by atoms with E-state index in [-0.39, 0.29) is 12.5 Å². The maximum Gasteiger partial charge on any atom is 0.246 e. The van der Waals surface area contributed by atoms with Gasteiger partial charge in [0.2, 0.25) is 17.6 Å². The predicted molar refractivity (Wildman–Crippen MR) is 134 cm³/mol. The number of hydrogen-bond acceptors (Lipinski definition) is 9. The molecule has 0 spiro atoms. The van der Waals surface area contributed by atoms with Crippen LogP contribution in [0.15, 0.2) is 45.4 Å². The van der Waals surface area contributed by atoms with Crippen LogP contribution in [0.2, 0.25) is 0 Å². The van der Waals surface area contributed by atoms with Crippen LogP contribution in [-0.4, -0.2) is 48.7 Å². The van der Waals surface area contributed by atoms with Crippen LogP contribution in [0.3, 0.4) is 0 Å². The van der Waals surface area contributed by atoms with Gasteiger partial charge in [-0.2, -0.15) is 17.0 Å². The number of furan rings is 1. The molecule has 1 aromatic carbocycles. The van der Waals surface area contributed by atoms with Gasteiger partial charge in [0.25, 0.3) is 0 Å². The zero-order valence-electron chi connectivity index (χ0n) is 20.1. The number of ether oxygens (including phenoxy) is 1. The van der Waals surface area contributed by atoms with E-state index in [0.717, 1.165) is 39.7 Å². The Hall–Kier alpha value is -3.86. The van der Waals surface area contributed by atoms with Gasteiger partial charge in [-0.25, -0.2) is 4.98 Å². The van der Waals surface area contributed by atoms with Gasteiger partial charge in [-0.1, -0.05) is 6.92 Å². The molecule has 5 rings (SSSR count). The Morgan fingerprint density at radius 1 is 1.33 bits per heavy atom. The van der Waals surface area contributed by atoms with Gasteiger partial charge in [0.1, 0.15) is 29.6 Å². The lowest BCUT2D eigenvalue weighted by Gasteiger charge is -2.29. The van der Waals surface area contributed by atoms with Gasteiger partial charge in [0, 0.05) is 19.2 Å². The minimum Gasteiger partial charge on any atom is -0.486 e. The number of nitrogens with zero attached hydrogens (tertiary/aromatic N) is 5. The number of thioether (sulfide) groups is 1. The number of aryl methyl sites for hydroxylation is 1. The first kappa shape index (κ1) is 23.9. The molecule has 0 radical (unpaired) electrons. The second kappa shape index (κ2) is 10.8. The van der Waals surface area contributed by atoms with Gasteiger partial charge < -0.3 is 18.5 Å². The fraction of sp³-hybridized carbons (Fsp3) is 0.320. The largest absolute Gasteiger partial charge is 0.486 e. The number of nitrogens with one attached hydrogen (secondary N) is 1. The summed E-state index contributed by atoms with van der Waals surface area (Å²) in [5.74, 6) is 4.77. The van der Waals surface area contributed by atoms with Crippen LogP contribution in [0, 0.1) is 6.92 Å². The third kappa shape index (κ3) is 5.35. The molecule has 0 unspecified atom stereocenters. The monoisotopic (exact) mass is 506 g/mol. The van der Waals surface area contributed by atoms with Crippen molar-refractivity contribution in [2.45, 2.75) is 39.2 Å². The Morgan fingerprint density at radius 2 is 2.25 bits per heavy atom. The second-order valence-corrected chi connectivity index (χ2v) is 9.52. The highest BCUT2D eigenvalue weighted by Crippen LogP contribution is 2.34. The highest BCUT2D eigenvalue weighted by Gasteiger charge is 2.23. The van der Waals surface area contributed by atoms with Crippen molar-refractivity contribution < 1.29 is 18.4 Å². The summed E-state index contributed by atoms with van der Waals surface area (Å²) >= 11 is 1.75. The summed E-state index contributed by atoms with van der Waals surface area (Å²) in [5, 5.41) is 14.5. The predicted octanol–water partition coefficient (Wildman–Crippen LogP) is 4.19. The van der Waals surface area contributed by atoms with Crippen LogP contribution in [-0.2, 0) is 30.1 Å². The Balaban J connectivity index is 1.36. The summed E-state index contributed by atoms with van der Waals surface area (Å²) in [4.78, 5) is 19.2. The third-order valence-electron chi connectivity index (χ3n) is 5.88. The first-order valence-corrected chi connectivity index (χ1v) is 12.8. The smallest absolute Gasteiger partial charge is 0.246 e. The van der Waals surface area contributed by atoms with Crippen molar-refractivity contribution in [3.05, 3.63) is 70.8 Å². The molecule has 1 aliphatic rings. The standard InChI is InChI=1S/C25H26N6O4S/c1-3-36-15-23-26-21(16(2)35-23)14-34-22-12-18-13-31(24(32)7-6-19-5-4-10-33-19)9-8-17(18)11-20(22)25-27-29-30-28-25/h4-7,10-12H,3,8-9,13-15H2,1-2H3,(H,27,28,29,30)/b7-6+. The molecule has 0 saturated carbocycles. The van der Waals surface area contributed by atoms with E-state index >= 15 is 0 Å². The molecule has 0 aliphatic carbocycles. The number of amides is 1. The zero-order chi connectivity index (χ0) is 24.9. The molecular formula is C25H26N6O4S. The summed E-state index contributed by atoms with van der Waals surface area (Å²) < 4.78 is 17.3. The van der Waals surface area contributed by atoms with Crippen LogP contribution in [0.25, 0.3) is 17.5 Å². The lowest BCUT2D eigenvalue weighted by Crippen LogP contribution is -2.34. The average molecular weight is 507 g/mol. The average Bonchev–Trinajstić information content (AvgIpc) is 3.67. The van der Waals surface area contributed by atoms with Gasteiger partial charge in [0.15, 0.2) is 0 Å². The molecule has 1 N–H and O–H groups in total. The number of H-pyrrole nitrogens is 1. The SMILES string of the molecule is CCSCc1nc(COc2cc3c(cc2-c2nn[nH]n2)CCN(C(=O)/C=C/c2ccco2)C3)c(C)o1. The highest BCUT2D eigenvalue weighted by atomic mass is 32.2. The van der Waals surface area contributed by atoms with Crippen molar-refractivity contribution in [3.63, 3.8) is 0 Å². The number of benzene rings is 1. The van der Waals surface area contributed by atoms with Crippen molar-refractivity contribution in [2.24, 2.45) is 0 Å². The normalized spacial score (nSPS) is 13.3. The number of carbonyl (C=O) groups excluding carboxylic acids is 1. The van der Waals surface area contributed by atoms with E-state index in [4.69, 9.17) is 13.6 Å². The molecular weight excluding hydrogens is 480 g/mol. The number of carbonyl (C=O) groups is 1. The molecule has 10 nitrogen and oxygen atoms in total. The Kier molecular flexibility index (Phi) is 7.17. The van der Waals surface area contributed by atoms with Gasteiger partial charge in [-0.15, -0.1) is 10.2 Å². The van der Waals surface area contributed by atoms with E-state index in [2.05, 4.69) is 32.5 Å². The van der Waals surface area contributed by atoms with Crippen molar-refractivity contribution in [2.75, 3.05) is 12.3 Å². The van der Waals surface area contributed by atoms with E-state index in [1.807, 2.05) is 19.1 Å². The molecule has 0 fully saturated rings. The first-order valence-electron chi connectivity index (χ1n) is 11.7. The molecule has 4 heterocycles. The van der Waals surface area contributed by atoms with Gasteiger partial charge >= 0.3 is 0 Å². The Morgan fingerprint density at radius 3 is 3.03 bits per heavy atom. The lowest BCUT2D eigenvalue weighted by atomic mass is 9.96. The zero-order valence-corrected chi connectivity index (χ0v) is 20.9. The summed E-state index contributed by atoms with van der Waals surface area (Å²) in [5.41, 5.74) is 3.62. The van der Waals surface area contributed by atoms with E-state index in [1.165, 1.54) is 6.08 Å². The molecule has 3 aromatic heterocycles. The topological polar surface area (TPSA) is 123 Å². The number of aromatic nitrogens is 5. The molecule has 4 aromatic rings. The van der Waals surface area contributed by atoms with Crippen LogP contribution in [0.4, 0.5) is 0 Å². The van der Waals surface area contributed by atoms with E-state index in [0.29, 0.717) is 42.7 Å². The first-order chi connectivity index (χ1) is 17.6. The van der Waals surface area contributed by atoms with Crippen LogP contribution < -0.4 is 4.74 Å². The number of oxazole rings is 1. The summed E-state index contributed by atoms with van der Waals surface area (Å²) in [6.07, 6.45) is 5.51. The number of hydrogen-bond donors (Lipinski definition) is 1. The number of tetrazole rings is 1. The number of fused-ring (bicyclic) bond motifs is 1. The second-order valence-electron chi connectivity index (χ2n) is 8.25. The minimum atomic E-state index is -0.0718. The molecule has 0 bridgehead atoms. The molecule has 36 heavy (non-hydrogen) atoms. The maximum atomic E-state index is 12.8. The fourth-order valence-corrected chi connectivity index (χ4v) is 4.51. The highest BCUT2D eigenvalue weighted by molar-refractivity contribution is 7.98. The lowest BCUT2D eigenvalue weighted by molar-refractivity contribution is -0.126. The number of rotatable bonds is 9. The summed E-state index contributed by atoms with van der Waals surface area (Å²) in [6, 6.07) is 7.57. The minimum absolute atomic E-state index is 0.0718. The van der Waals surface area contributed by atoms with Crippen molar-refractivity contribution in [3.8, 4) is 17.1 Å². The Bertz CT molecular complexity index is 1350. The van der Waals surface area contributed by atoms with Gasteiger partial charge in [-0.3, -0.25) is 4.79 Å². The van der Waals surface area contributed by atoms with Gasteiger partial charge in [0.05, 0.1) is 17.6 Å². The maximum absolute atomic E-state index is 12.8. The van der Waals surface area contributed by atoms with Crippen LogP contribution >= 0.6 is 11.8 Å². The summed E-state index contributed by atoms with van der Waals surface area (Å²) in [6.45, 7) is 5.31. The molecule has 11 heteroatoms. The molecule has 0 saturated heterocycles. The molecule has 1 aliphatic heterocycles. The third-order valence-corrected chi connectivity index (χ3v) is 6.74. The molecule has 186 valence electrons. The van der Waals surface area contributed by atoms with Crippen LogP contribution in [0.1, 0.15) is 41.2 Å². The van der Waals surface area contributed by atoms with Crippen molar-refractivity contribution >= 4 is 23.7 Å². The van der Waals surface area contributed by atoms with Crippen LogP contribution in [0.5, 0.6) is 5.75 Å². The Labute approximate surface area is 212 Å².